The molecule has 2 N–H and O–H groups in total. The summed E-state index contributed by atoms with van der Waals surface area (Å²) in [7, 11) is 0. The van der Waals surface area contributed by atoms with E-state index in [1.807, 2.05) is 0 Å². The van der Waals surface area contributed by atoms with E-state index in [1.165, 1.54) is 6.07 Å². The monoisotopic (exact) mass is 240 g/mol. The van der Waals surface area contributed by atoms with Crippen molar-refractivity contribution in [1.82, 2.24) is 5.32 Å². The molecule has 1 saturated heterocycles. The van der Waals surface area contributed by atoms with Gasteiger partial charge in [0.1, 0.15) is 17.3 Å². The molecule has 1 aliphatic rings. The van der Waals surface area contributed by atoms with Crippen molar-refractivity contribution in [2.75, 3.05) is 18.4 Å². The number of carbonyl (C=O) groups is 1. The van der Waals surface area contributed by atoms with Gasteiger partial charge in [-0.1, -0.05) is 6.07 Å². The van der Waals surface area contributed by atoms with Gasteiger partial charge in [0.2, 0.25) is 5.91 Å². The van der Waals surface area contributed by atoms with E-state index in [1.54, 1.807) is 0 Å². The number of nitrogens with one attached hydrogen (secondary N) is 2. The molecule has 0 aromatic heterocycles. The van der Waals surface area contributed by atoms with Crippen molar-refractivity contribution in [1.29, 1.82) is 0 Å². The normalized spacial score (nSPS) is 20.0. The third kappa shape index (κ3) is 2.79. The summed E-state index contributed by atoms with van der Waals surface area (Å²) in [5.41, 5.74) is -0.358. The van der Waals surface area contributed by atoms with Crippen molar-refractivity contribution in [3.63, 3.8) is 0 Å². The van der Waals surface area contributed by atoms with Gasteiger partial charge >= 0.3 is 0 Å². The third-order valence-electron chi connectivity index (χ3n) is 2.88. The fraction of sp³-hybridized carbons (Fsp3) is 0.417. The molecule has 1 aliphatic heterocycles. The molecule has 5 heteroatoms. The Morgan fingerprint density at radius 3 is 2.65 bits per heavy atom. The standard InChI is InChI=1S/C12H14F2N2O/c13-9-4-1-5-10(14)11(9)16-12(17)8-3-2-6-15-7-8/h1,4-5,8,15H,2-3,6-7H2,(H,16,17)/t8-/m0/s1. The first-order valence-electron chi connectivity index (χ1n) is 5.64. The van der Waals surface area contributed by atoms with E-state index in [-0.39, 0.29) is 17.5 Å². The summed E-state index contributed by atoms with van der Waals surface area (Å²) in [5.74, 6) is -2.05. The second-order valence-electron chi connectivity index (χ2n) is 4.13. The average Bonchev–Trinajstić information content (AvgIpc) is 2.35. The van der Waals surface area contributed by atoms with Crippen LogP contribution in [0.15, 0.2) is 18.2 Å². The van der Waals surface area contributed by atoms with Gasteiger partial charge in [-0.05, 0) is 31.5 Å². The number of carbonyl (C=O) groups excluding carboxylic acids is 1. The fourth-order valence-corrected chi connectivity index (χ4v) is 1.92. The summed E-state index contributed by atoms with van der Waals surface area (Å²) in [5, 5.41) is 5.40. The van der Waals surface area contributed by atoms with E-state index in [0.717, 1.165) is 31.5 Å². The highest BCUT2D eigenvalue weighted by Gasteiger charge is 2.22. The largest absolute Gasteiger partial charge is 0.321 e. The highest BCUT2D eigenvalue weighted by molar-refractivity contribution is 5.93. The molecule has 3 nitrogen and oxygen atoms in total. The second-order valence-corrected chi connectivity index (χ2v) is 4.13. The zero-order valence-electron chi connectivity index (χ0n) is 9.30. The van der Waals surface area contributed by atoms with Crippen LogP contribution >= 0.6 is 0 Å². The lowest BCUT2D eigenvalue weighted by molar-refractivity contribution is -0.120. The molecule has 92 valence electrons. The summed E-state index contributed by atoms with van der Waals surface area (Å²) >= 11 is 0. The van der Waals surface area contributed by atoms with E-state index in [0.29, 0.717) is 6.54 Å². The molecule has 0 aliphatic carbocycles. The Labute approximate surface area is 98.2 Å². The Morgan fingerprint density at radius 1 is 1.35 bits per heavy atom. The van der Waals surface area contributed by atoms with Gasteiger partial charge in [0.15, 0.2) is 0 Å². The number of amides is 1. The molecule has 1 aromatic carbocycles. The number of benzene rings is 1. The smallest absolute Gasteiger partial charge is 0.228 e. The SMILES string of the molecule is O=C(Nc1c(F)cccc1F)[C@H]1CCCNC1. The predicted octanol–water partition coefficient (Wildman–Crippen LogP) is 1.90. The molecule has 1 amide bonds. The molecule has 17 heavy (non-hydrogen) atoms. The zero-order valence-corrected chi connectivity index (χ0v) is 9.30. The minimum absolute atomic E-state index is 0.220. The van der Waals surface area contributed by atoms with Gasteiger partial charge in [-0.25, -0.2) is 8.78 Å². The van der Waals surface area contributed by atoms with Crippen LogP contribution in [0.25, 0.3) is 0 Å². The lowest BCUT2D eigenvalue weighted by atomic mass is 9.99. The van der Waals surface area contributed by atoms with Crippen molar-refractivity contribution in [2.45, 2.75) is 12.8 Å². The molecule has 0 radical (unpaired) electrons. The Hall–Kier alpha value is -1.49. The molecule has 1 fully saturated rings. The summed E-state index contributed by atoms with van der Waals surface area (Å²) in [6, 6.07) is 3.51. The molecule has 0 unspecified atom stereocenters. The van der Waals surface area contributed by atoms with Gasteiger partial charge in [-0.2, -0.15) is 0 Å². The van der Waals surface area contributed by atoms with Crippen molar-refractivity contribution in [3.05, 3.63) is 29.8 Å². The minimum atomic E-state index is -0.748. The lowest BCUT2D eigenvalue weighted by Crippen LogP contribution is -2.37. The van der Waals surface area contributed by atoms with Gasteiger partial charge in [0.25, 0.3) is 0 Å². The van der Waals surface area contributed by atoms with E-state index >= 15 is 0 Å². The second kappa shape index (κ2) is 5.23. The Balaban J connectivity index is 2.07. The van der Waals surface area contributed by atoms with Gasteiger partial charge < -0.3 is 10.6 Å². The third-order valence-corrected chi connectivity index (χ3v) is 2.88. The average molecular weight is 240 g/mol. The van der Waals surface area contributed by atoms with Gasteiger partial charge in [0.05, 0.1) is 5.92 Å². The number of hydrogen-bond acceptors (Lipinski definition) is 2. The Kier molecular flexibility index (Phi) is 3.68. The molecule has 1 heterocycles. The maximum atomic E-state index is 13.3. The van der Waals surface area contributed by atoms with Crippen molar-refractivity contribution in [2.24, 2.45) is 5.92 Å². The molecule has 0 saturated carbocycles. The molecular weight excluding hydrogens is 226 g/mol. The van der Waals surface area contributed by atoms with Crippen LogP contribution in [0.5, 0.6) is 0 Å². The van der Waals surface area contributed by atoms with Crippen LogP contribution < -0.4 is 10.6 Å². The molecular formula is C12H14F2N2O. The fourth-order valence-electron chi connectivity index (χ4n) is 1.92. The number of halogens is 2. The number of para-hydroxylation sites is 1. The van der Waals surface area contributed by atoms with Crippen molar-refractivity contribution >= 4 is 11.6 Å². The van der Waals surface area contributed by atoms with Gasteiger partial charge in [-0.15, -0.1) is 0 Å². The van der Waals surface area contributed by atoms with Crippen LogP contribution in [0.2, 0.25) is 0 Å². The first-order chi connectivity index (χ1) is 8.18. The summed E-state index contributed by atoms with van der Waals surface area (Å²) in [6.45, 7) is 1.44. The summed E-state index contributed by atoms with van der Waals surface area (Å²) in [4.78, 5) is 11.8. The molecule has 0 spiro atoms. The predicted molar refractivity (Wildman–Crippen MR) is 60.6 cm³/mol. The van der Waals surface area contributed by atoms with Crippen molar-refractivity contribution < 1.29 is 13.6 Å². The van der Waals surface area contributed by atoms with E-state index in [2.05, 4.69) is 10.6 Å². The quantitative estimate of drug-likeness (QED) is 0.829. The topological polar surface area (TPSA) is 41.1 Å². The maximum Gasteiger partial charge on any atom is 0.228 e. The van der Waals surface area contributed by atoms with Gasteiger partial charge in [-0.3, -0.25) is 4.79 Å². The van der Waals surface area contributed by atoms with Crippen molar-refractivity contribution in [3.8, 4) is 0 Å². The number of rotatable bonds is 2. The maximum absolute atomic E-state index is 13.3. The van der Waals surface area contributed by atoms with E-state index in [9.17, 15) is 13.6 Å². The molecule has 1 aromatic rings. The molecule has 0 bridgehead atoms. The summed E-state index contributed by atoms with van der Waals surface area (Å²) < 4.78 is 26.6. The van der Waals surface area contributed by atoms with Crippen LogP contribution in [-0.4, -0.2) is 19.0 Å². The first kappa shape index (κ1) is 12.0. The molecule has 1 atom stereocenters. The van der Waals surface area contributed by atoms with Crippen LogP contribution in [0.3, 0.4) is 0 Å². The first-order valence-corrected chi connectivity index (χ1v) is 5.64. The highest BCUT2D eigenvalue weighted by Crippen LogP contribution is 2.20. The lowest BCUT2D eigenvalue weighted by Gasteiger charge is -2.22. The molecule has 2 rings (SSSR count). The number of hydrogen-bond donors (Lipinski definition) is 2. The Morgan fingerprint density at radius 2 is 2.06 bits per heavy atom. The number of piperidine rings is 1. The summed E-state index contributed by atoms with van der Waals surface area (Å²) in [6.07, 6.45) is 1.65. The zero-order chi connectivity index (χ0) is 12.3. The van der Waals surface area contributed by atoms with Crippen LogP contribution in [0.1, 0.15) is 12.8 Å². The van der Waals surface area contributed by atoms with E-state index in [4.69, 9.17) is 0 Å². The van der Waals surface area contributed by atoms with Crippen LogP contribution in [0, 0.1) is 17.6 Å². The Bertz CT molecular complexity index is 397. The minimum Gasteiger partial charge on any atom is -0.321 e. The highest BCUT2D eigenvalue weighted by atomic mass is 19.1. The van der Waals surface area contributed by atoms with Gasteiger partial charge in [0, 0.05) is 6.54 Å². The van der Waals surface area contributed by atoms with Crippen LogP contribution in [-0.2, 0) is 4.79 Å². The van der Waals surface area contributed by atoms with E-state index < -0.39 is 11.6 Å². The number of anilines is 1. The van der Waals surface area contributed by atoms with Crippen LogP contribution in [0.4, 0.5) is 14.5 Å².